The van der Waals surface area contributed by atoms with E-state index in [0.29, 0.717) is 11.7 Å². The monoisotopic (exact) mass is 340 g/mol. The molecule has 0 atom stereocenters. The first-order valence-corrected chi connectivity index (χ1v) is 6.98. The Morgan fingerprint density at radius 1 is 1.30 bits per heavy atom. The number of nitrogens with one attached hydrogen (secondary N) is 1. The minimum atomic E-state index is -0.790. The molecule has 0 saturated heterocycles. The lowest BCUT2D eigenvalue weighted by molar-refractivity contribution is 0.101. The van der Waals surface area contributed by atoms with Crippen LogP contribution in [0.2, 0.25) is 0 Å². The standard InChI is InChI=1S/C14H11BrF2N2O/c15-8-6-12(19(7-8)9-4-5-9)14(20)18-13-10(16)2-1-3-11(13)17/h1-3,6-7,9H,4-5H2,(H,18,20). The summed E-state index contributed by atoms with van der Waals surface area (Å²) in [5, 5.41) is 2.30. The van der Waals surface area contributed by atoms with E-state index in [4.69, 9.17) is 0 Å². The zero-order valence-electron chi connectivity index (χ0n) is 10.4. The first-order chi connectivity index (χ1) is 9.56. The minimum Gasteiger partial charge on any atom is -0.339 e. The molecule has 1 N–H and O–H groups in total. The van der Waals surface area contributed by atoms with Crippen molar-refractivity contribution in [2.24, 2.45) is 0 Å². The van der Waals surface area contributed by atoms with Crippen LogP contribution >= 0.6 is 15.9 Å². The van der Waals surface area contributed by atoms with Gasteiger partial charge in [-0.1, -0.05) is 6.07 Å². The van der Waals surface area contributed by atoms with Crippen LogP contribution in [0.5, 0.6) is 0 Å². The van der Waals surface area contributed by atoms with Crippen molar-refractivity contribution >= 4 is 27.5 Å². The van der Waals surface area contributed by atoms with Crippen LogP contribution in [-0.4, -0.2) is 10.5 Å². The van der Waals surface area contributed by atoms with E-state index in [2.05, 4.69) is 21.2 Å². The summed E-state index contributed by atoms with van der Waals surface area (Å²) in [4.78, 5) is 12.2. The number of carbonyl (C=O) groups excluding carboxylic acids is 1. The third-order valence-corrected chi connectivity index (χ3v) is 3.62. The van der Waals surface area contributed by atoms with E-state index in [-0.39, 0.29) is 0 Å². The number of anilines is 1. The van der Waals surface area contributed by atoms with Crippen LogP contribution in [0.1, 0.15) is 29.4 Å². The fourth-order valence-electron chi connectivity index (χ4n) is 2.08. The Morgan fingerprint density at radius 2 is 1.95 bits per heavy atom. The molecule has 3 nitrogen and oxygen atoms in total. The number of benzene rings is 1. The highest BCUT2D eigenvalue weighted by molar-refractivity contribution is 9.10. The second kappa shape index (κ2) is 5.01. The van der Waals surface area contributed by atoms with Gasteiger partial charge < -0.3 is 9.88 Å². The number of para-hydroxylation sites is 1. The van der Waals surface area contributed by atoms with Gasteiger partial charge in [0.1, 0.15) is 23.0 Å². The zero-order chi connectivity index (χ0) is 14.3. The van der Waals surface area contributed by atoms with E-state index in [9.17, 15) is 13.6 Å². The van der Waals surface area contributed by atoms with Crippen LogP contribution in [-0.2, 0) is 0 Å². The number of hydrogen-bond acceptors (Lipinski definition) is 1. The summed E-state index contributed by atoms with van der Waals surface area (Å²) in [6.45, 7) is 0. The molecule has 0 aliphatic heterocycles. The summed E-state index contributed by atoms with van der Waals surface area (Å²) in [7, 11) is 0. The third kappa shape index (κ3) is 2.47. The second-order valence-corrected chi connectivity index (χ2v) is 5.65. The molecule has 2 aromatic rings. The molecule has 1 aliphatic rings. The Balaban J connectivity index is 1.90. The highest BCUT2D eigenvalue weighted by Crippen LogP contribution is 2.37. The second-order valence-electron chi connectivity index (χ2n) is 4.73. The van der Waals surface area contributed by atoms with Crippen molar-refractivity contribution in [3.05, 3.63) is 52.3 Å². The van der Waals surface area contributed by atoms with Crippen molar-refractivity contribution in [1.82, 2.24) is 4.57 Å². The Bertz CT molecular complexity index is 660. The summed E-state index contributed by atoms with van der Waals surface area (Å²) < 4.78 is 29.7. The quantitative estimate of drug-likeness (QED) is 0.896. The average Bonchev–Trinajstić information content (AvgIpc) is 3.17. The predicted octanol–water partition coefficient (Wildman–Crippen LogP) is 4.12. The van der Waals surface area contributed by atoms with Crippen LogP contribution in [0, 0.1) is 11.6 Å². The van der Waals surface area contributed by atoms with Crippen molar-refractivity contribution in [2.75, 3.05) is 5.32 Å². The van der Waals surface area contributed by atoms with Gasteiger partial charge in [0, 0.05) is 16.7 Å². The fourth-order valence-corrected chi connectivity index (χ4v) is 2.51. The summed E-state index contributed by atoms with van der Waals surface area (Å²) >= 11 is 3.31. The van der Waals surface area contributed by atoms with Gasteiger partial charge in [-0.2, -0.15) is 0 Å². The van der Waals surface area contributed by atoms with Crippen LogP contribution in [0.4, 0.5) is 14.5 Å². The van der Waals surface area contributed by atoms with Gasteiger partial charge in [-0.25, -0.2) is 8.78 Å². The average molecular weight is 341 g/mol. The molecule has 104 valence electrons. The van der Waals surface area contributed by atoms with E-state index in [0.717, 1.165) is 29.4 Å². The van der Waals surface area contributed by atoms with Crippen molar-refractivity contribution in [3.63, 3.8) is 0 Å². The molecular formula is C14H11BrF2N2O. The predicted molar refractivity (Wildman–Crippen MR) is 74.7 cm³/mol. The first kappa shape index (κ1) is 13.3. The molecule has 1 saturated carbocycles. The molecule has 1 amide bonds. The number of hydrogen-bond donors (Lipinski definition) is 1. The van der Waals surface area contributed by atoms with Gasteiger partial charge in [0.05, 0.1) is 0 Å². The van der Waals surface area contributed by atoms with Crippen LogP contribution in [0.15, 0.2) is 34.9 Å². The molecule has 20 heavy (non-hydrogen) atoms. The van der Waals surface area contributed by atoms with E-state index in [1.165, 1.54) is 6.07 Å². The molecule has 0 bridgehead atoms. The van der Waals surface area contributed by atoms with Crippen LogP contribution < -0.4 is 5.32 Å². The summed E-state index contributed by atoms with van der Waals surface area (Å²) in [5.74, 6) is -2.10. The van der Waals surface area contributed by atoms with Crippen molar-refractivity contribution in [1.29, 1.82) is 0 Å². The molecule has 0 spiro atoms. The number of halogens is 3. The molecule has 3 rings (SSSR count). The fraction of sp³-hybridized carbons (Fsp3) is 0.214. The molecule has 1 aromatic carbocycles. The van der Waals surface area contributed by atoms with Gasteiger partial charge in [0.25, 0.3) is 5.91 Å². The number of nitrogens with zero attached hydrogens (tertiary/aromatic N) is 1. The Kier molecular flexibility index (Phi) is 3.33. The van der Waals surface area contributed by atoms with Gasteiger partial charge in [-0.3, -0.25) is 4.79 Å². The number of carbonyl (C=O) groups is 1. The lowest BCUT2D eigenvalue weighted by Gasteiger charge is -2.09. The normalized spacial score (nSPS) is 14.3. The van der Waals surface area contributed by atoms with Gasteiger partial charge in [0.15, 0.2) is 0 Å². The van der Waals surface area contributed by atoms with Gasteiger partial charge >= 0.3 is 0 Å². The Morgan fingerprint density at radius 3 is 2.55 bits per heavy atom. The summed E-state index contributed by atoms with van der Waals surface area (Å²) in [5.41, 5.74) is -0.0285. The summed E-state index contributed by atoms with van der Waals surface area (Å²) in [6, 6.07) is 5.41. The minimum absolute atomic E-state index is 0.299. The topological polar surface area (TPSA) is 34.0 Å². The summed E-state index contributed by atoms with van der Waals surface area (Å²) in [6.07, 6.45) is 3.83. The van der Waals surface area contributed by atoms with Crippen LogP contribution in [0.3, 0.4) is 0 Å². The van der Waals surface area contributed by atoms with E-state index in [1.54, 1.807) is 6.07 Å². The largest absolute Gasteiger partial charge is 0.339 e. The SMILES string of the molecule is O=C(Nc1c(F)cccc1F)c1cc(Br)cn1C1CC1. The highest BCUT2D eigenvalue weighted by Gasteiger charge is 2.28. The Hall–Kier alpha value is -1.69. The molecule has 0 radical (unpaired) electrons. The molecule has 1 heterocycles. The lowest BCUT2D eigenvalue weighted by atomic mass is 10.2. The van der Waals surface area contributed by atoms with Gasteiger partial charge in [-0.05, 0) is 47.0 Å². The van der Waals surface area contributed by atoms with E-state index >= 15 is 0 Å². The van der Waals surface area contributed by atoms with Gasteiger partial charge in [-0.15, -0.1) is 0 Å². The van der Waals surface area contributed by atoms with Crippen molar-refractivity contribution in [3.8, 4) is 0 Å². The Labute approximate surface area is 122 Å². The molecule has 1 fully saturated rings. The highest BCUT2D eigenvalue weighted by atomic mass is 79.9. The van der Waals surface area contributed by atoms with Gasteiger partial charge in [0.2, 0.25) is 0 Å². The molecular weight excluding hydrogens is 330 g/mol. The smallest absolute Gasteiger partial charge is 0.272 e. The third-order valence-electron chi connectivity index (χ3n) is 3.19. The van der Waals surface area contributed by atoms with Crippen molar-refractivity contribution in [2.45, 2.75) is 18.9 Å². The van der Waals surface area contributed by atoms with E-state index < -0.39 is 23.2 Å². The maximum absolute atomic E-state index is 13.5. The van der Waals surface area contributed by atoms with E-state index in [1.807, 2.05) is 10.8 Å². The zero-order valence-corrected chi connectivity index (χ0v) is 12.0. The first-order valence-electron chi connectivity index (χ1n) is 6.19. The lowest BCUT2D eigenvalue weighted by Crippen LogP contribution is -2.18. The number of amides is 1. The molecule has 1 aliphatic carbocycles. The molecule has 0 unspecified atom stereocenters. The molecule has 1 aromatic heterocycles. The number of rotatable bonds is 3. The maximum atomic E-state index is 13.5. The maximum Gasteiger partial charge on any atom is 0.272 e. The van der Waals surface area contributed by atoms with Crippen LogP contribution in [0.25, 0.3) is 0 Å². The van der Waals surface area contributed by atoms with Crippen molar-refractivity contribution < 1.29 is 13.6 Å². The molecule has 6 heteroatoms. The number of aromatic nitrogens is 1.